The van der Waals surface area contributed by atoms with Crippen molar-refractivity contribution in [2.75, 3.05) is 6.54 Å². The van der Waals surface area contributed by atoms with Gasteiger partial charge in [0, 0.05) is 6.54 Å². The van der Waals surface area contributed by atoms with Gasteiger partial charge in [-0.2, -0.15) is 13.2 Å². The molecule has 154 valence electrons. The number of urea groups is 1. The van der Waals surface area contributed by atoms with Crippen molar-refractivity contribution in [3.63, 3.8) is 0 Å². The molecule has 0 saturated carbocycles. The van der Waals surface area contributed by atoms with Crippen molar-refractivity contribution in [1.29, 1.82) is 0 Å². The number of carbonyl (C=O) groups is 2. The van der Waals surface area contributed by atoms with Crippen LogP contribution in [0, 0.1) is 5.82 Å². The third-order valence-electron chi connectivity index (χ3n) is 4.08. The molecule has 1 saturated heterocycles. The number of benzene rings is 1. The third kappa shape index (κ3) is 4.70. The van der Waals surface area contributed by atoms with Gasteiger partial charge in [-0.05, 0) is 29.8 Å². The molecule has 1 unspecified atom stereocenters. The topological polar surface area (TPSA) is 83.1 Å². The van der Waals surface area contributed by atoms with Gasteiger partial charge in [-0.25, -0.2) is 14.2 Å². The maximum Gasteiger partial charge on any atom is 0.434 e. The van der Waals surface area contributed by atoms with Crippen LogP contribution in [0.5, 0.6) is 0 Å². The lowest BCUT2D eigenvalue weighted by Crippen LogP contribution is -2.44. The van der Waals surface area contributed by atoms with E-state index in [-0.39, 0.29) is 22.8 Å². The van der Waals surface area contributed by atoms with Crippen LogP contribution in [0.2, 0.25) is 10.0 Å². The summed E-state index contributed by atoms with van der Waals surface area (Å²) in [6, 6.07) is 2.90. The molecule has 0 bridgehead atoms. The van der Waals surface area contributed by atoms with Crippen LogP contribution < -0.4 is 16.0 Å². The molecule has 2 aromatic rings. The normalized spacial score (nSPS) is 17.4. The summed E-state index contributed by atoms with van der Waals surface area (Å²) >= 11 is 11.4. The minimum absolute atomic E-state index is 0.0105. The summed E-state index contributed by atoms with van der Waals surface area (Å²) in [6.07, 6.45) is -4.83. The number of aromatic nitrogens is 1. The Morgan fingerprint density at radius 3 is 2.52 bits per heavy atom. The van der Waals surface area contributed by atoms with Crippen LogP contribution in [0.4, 0.5) is 22.4 Å². The Hall–Kier alpha value is -2.59. The quantitative estimate of drug-likeness (QED) is 0.624. The zero-order valence-corrected chi connectivity index (χ0v) is 15.8. The molecule has 0 radical (unpaired) electrons. The maximum atomic E-state index is 13.5. The number of nitrogens with one attached hydrogen (secondary N) is 3. The summed E-state index contributed by atoms with van der Waals surface area (Å²) in [6.45, 7) is -0.0105. The Morgan fingerprint density at radius 1 is 1.21 bits per heavy atom. The molecule has 29 heavy (non-hydrogen) atoms. The molecule has 6 nitrogen and oxygen atoms in total. The first-order valence-electron chi connectivity index (χ1n) is 8.09. The molecule has 3 rings (SSSR count). The fourth-order valence-corrected chi connectivity index (χ4v) is 3.09. The Kier molecular flexibility index (Phi) is 5.85. The van der Waals surface area contributed by atoms with E-state index in [0.29, 0.717) is 0 Å². The number of nitrogens with zero attached hydrogens (tertiary/aromatic N) is 1. The average Bonchev–Trinajstić information content (AvgIpc) is 3.08. The molecule has 2 heterocycles. The zero-order valence-electron chi connectivity index (χ0n) is 14.3. The second kappa shape index (κ2) is 8.03. The Labute approximate surface area is 171 Å². The highest BCUT2D eigenvalue weighted by Gasteiger charge is 2.37. The van der Waals surface area contributed by atoms with Crippen LogP contribution in [-0.4, -0.2) is 29.5 Å². The average molecular weight is 451 g/mol. The van der Waals surface area contributed by atoms with Crippen molar-refractivity contribution >= 4 is 35.1 Å². The van der Waals surface area contributed by atoms with Crippen molar-refractivity contribution in [1.82, 2.24) is 20.9 Å². The highest BCUT2D eigenvalue weighted by molar-refractivity contribution is 6.31. The lowest BCUT2D eigenvalue weighted by molar-refractivity contribution is -0.141. The van der Waals surface area contributed by atoms with Gasteiger partial charge < -0.3 is 16.0 Å². The standard InChI is InChI=1S/C17H12Cl2F4N4O2/c18-8-2-4-11(25-14(8)17(21,22)23)13(7-1-3-10(20)9(19)5-7)27-15(28)12-6-24-16(29)26-12/h1-5,12-13H,6H2,(H,27,28)(H2,24,26,29)/t12?,13-/m1/s1. The van der Waals surface area contributed by atoms with Crippen LogP contribution in [0.1, 0.15) is 23.0 Å². The minimum Gasteiger partial charge on any atom is -0.342 e. The fourth-order valence-electron chi connectivity index (χ4n) is 2.69. The van der Waals surface area contributed by atoms with E-state index in [0.717, 1.165) is 18.2 Å². The van der Waals surface area contributed by atoms with E-state index in [1.807, 2.05) is 0 Å². The number of hydrogen-bond acceptors (Lipinski definition) is 3. The molecule has 3 amide bonds. The highest BCUT2D eigenvalue weighted by Crippen LogP contribution is 2.35. The molecule has 0 spiro atoms. The first kappa shape index (κ1) is 21.1. The smallest absolute Gasteiger partial charge is 0.342 e. The Balaban J connectivity index is 2.02. The van der Waals surface area contributed by atoms with Gasteiger partial charge in [0.2, 0.25) is 5.91 Å². The summed E-state index contributed by atoms with van der Waals surface area (Å²) in [4.78, 5) is 27.3. The van der Waals surface area contributed by atoms with Gasteiger partial charge in [0.15, 0.2) is 5.69 Å². The van der Waals surface area contributed by atoms with Crippen molar-refractivity contribution in [3.8, 4) is 0 Å². The van der Waals surface area contributed by atoms with E-state index < -0.39 is 46.7 Å². The molecule has 1 aliphatic heterocycles. The minimum atomic E-state index is -4.83. The number of hydrogen-bond donors (Lipinski definition) is 3. The Bertz CT molecular complexity index is 971. The van der Waals surface area contributed by atoms with Crippen molar-refractivity contribution < 1.29 is 27.2 Å². The second-order valence-electron chi connectivity index (χ2n) is 6.09. The molecule has 0 aliphatic carbocycles. The Morgan fingerprint density at radius 2 is 1.93 bits per heavy atom. The molecule has 3 N–H and O–H groups in total. The molecule has 1 aromatic carbocycles. The number of pyridine rings is 1. The molecule has 1 fully saturated rings. The SMILES string of the molecule is O=C1NCC(C(=O)N[C@H](c2ccc(F)c(Cl)c2)c2ccc(Cl)c(C(F)(F)F)n2)N1. The number of alkyl halides is 3. The fraction of sp³-hybridized carbons (Fsp3) is 0.235. The monoisotopic (exact) mass is 450 g/mol. The van der Waals surface area contributed by atoms with Crippen molar-refractivity contribution in [3.05, 3.63) is 63.1 Å². The largest absolute Gasteiger partial charge is 0.434 e. The van der Waals surface area contributed by atoms with E-state index in [1.54, 1.807) is 0 Å². The van der Waals surface area contributed by atoms with Crippen LogP contribution in [0.3, 0.4) is 0 Å². The van der Waals surface area contributed by atoms with Crippen LogP contribution >= 0.6 is 23.2 Å². The highest BCUT2D eigenvalue weighted by atomic mass is 35.5. The first-order chi connectivity index (χ1) is 13.6. The van der Waals surface area contributed by atoms with Crippen LogP contribution in [-0.2, 0) is 11.0 Å². The summed E-state index contributed by atoms with van der Waals surface area (Å²) in [7, 11) is 0. The van der Waals surface area contributed by atoms with Gasteiger partial charge in [-0.3, -0.25) is 4.79 Å². The molecular weight excluding hydrogens is 439 g/mol. The molecule has 2 atom stereocenters. The molecule has 1 aliphatic rings. The van der Waals surface area contributed by atoms with E-state index in [9.17, 15) is 27.2 Å². The molecule has 12 heteroatoms. The van der Waals surface area contributed by atoms with Gasteiger partial charge in [0.25, 0.3) is 0 Å². The molecule has 1 aromatic heterocycles. The van der Waals surface area contributed by atoms with Crippen molar-refractivity contribution in [2.45, 2.75) is 18.3 Å². The second-order valence-corrected chi connectivity index (χ2v) is 6.90. The van der Waals surface area contributed by atoms with Gasteiger partial charge in [0.1, 0.15) is 11.9 Å². The summed E-state index contributed by atoms with van der Waals surface area (Å²) < 4.78 is 53.1. The van der Waals surface area contributed by atoms with Crippen LogP contribution in [0.25, 0.3) is 0 Å². The number of amides is 3. The van der Waals surface area contributed by atoms with E-state index >= 15 is 0 Å². The zero-order chi connectivity index (χ0) is 21.3. The number of halogens is 6. The summed E-state index contributed by atoms with van der Waals surface area (Å²) in [5.41, 5.74) is -1.35. The maximum absolute atomic E-state index is 13.5. The third-order valence-corrected chi connectivity index (χ3v) is 4.68. The van der Waals surface area contributed by atoms with Crippen LogP contribution in [0.15, 0.2) is 30.3 Å². The van der Waals surface area contributed by atoms with Gasteiger partial charge in [-0.15, -0.1) is 0 Å². The number of rotatable bonds is 4. The summed E-state index contributed by atoms with van der Waals surface area (Å²) in [5.74, 6) is -1.42. The lowest BCUT2D eigenvalue weighted by atomic mass is 10.0. The van der Waals surface area contributed by atoms with E-state index in [2.05, 4.69) is 20.9 Å². The van der Waals surface area contributed by atoms with Gasteiger partial charge in [0.05, 0.1) is 21.8 Å². The van der Waals surface area contributed by atoms with Crippen molar-refractivity contribution in [2.24, 2.45) is 0 Å². The first-order valence-corrected chi connectivity index (χ1v) is 8.85. The number of carbonyl (C=O) groups excluding carboxylic acids is 2. The predicted octanol–water partition coefficient (Wildman–Crippen LogP) is 3.43. The molecular formula is C17H12Cl2F4N4O2. The van der Waals surface area contributed by atoms with E-state index in [4.69, 9.17) is 23.2 Å². The lowest BCUT2D eigenvalue weighted by Gasteiger charge is -2.22. The van der Waals surface area contributed by atoms with Gasteiger partial charge >= 0.3 is 12.2 Å². The predicted molar refractivity (Wildman–Crippen MR) is 96.0 cm³/mol. The van der Waals surface area contributed by atoms with E-state index in [1.165, 1.54) is 12.1 Å². The van der Waals surface area contributed by atoms with Gasteiger partial charge in [-0.1, -0.05) is 29.3 Å². The summed E-state index contributed by atoms with van der Waals surface area (Å²) in [5, 5.41) is 6.36.